The molecule has 0 spiro atoms. The quantitative estimate of drug-likeness (QED) is 0.466. The van der Waals surface area contributed by atoms with Crippen molar-refractivity contribution in [2.45, 2.75) is 6.42 Å². The highest BCUT2D eigenvalue weighted by molar-refractivity contribution is 9.11. The molecule has 1 aromatic rings. The predicted molar refractivity (Wildman–Crippen MR) is 75.0 cm³/mol. The summed E-state index contributed by atoms with van der Waals surface area (Å²) in [5.41, 5.74) is 0. The summed E-state index contributed by atoms with van der Waals surface area (Å²) in [5, 5.41) is 11.5. The van der Waals surface area contributed by atoms with Crippen molar-refractivity contribution in [1.82, 2.24) is 5.32 Å². The van der Waals surface area contributed by atoms with Gasteiger partial charge < -0.3 is 10.1 Å². The second kappa shape index (κ2) is 8.04. The van der Waals surface area contributed by atoms with Crippen molar-refractivity contribution < 1.29 is 14.3 Å². The van der Waals surface area contributed by atoms with Gasteiger partial charge in [-0.1, -0.05) is 0 Å². The maximum atomic E-state index is 12.0. The summed E-state index contributed by atoms with van der Waals surface area (Å²) in [6, 6.07) is 5.06. The second-order valence-electron chi connectivity index (χ2n) is 3.67. The van der Waals surface area contributed by atoms with Crippen LogP contribution in [0.4, 0.5) is 0 Å². The lowest BCUT2D eigenvalue weighted by molar-refractivity contribution is -0.122. The Labute approximate surface area is 123 Å². The van der Waals surface area contributed by atoms with Crippen LogP contribution in [0.25, 0.3) is 0 Å². The first-order valence-electron chi connectivity index (χ1n) is 5.56. The maximum absolute atomic E-state index is 12.0. The fourth-order valence-corrected chi connectivity index (χ4v) is 2.71. The summed E-state index contributed by atoms with van der Waals surface area (Å²) >= 11 is 4.44. The summed E-state index contributed by atoms with van der Waals surface area (Å²) in [7, 11) is 1.57. The molecule has 0 aromatic carbocycles. The lowest BCUT2D eigenvalue weighted by Crippen LogP contribution is -2.35. The molecule has 0 saturated carbocycles. The monoisotopic (exact) mass is 344 g/mol. The number of rotatable bonds is 7. The molecule has 1 heterocycles. The van der Waals surface area contributed by atoms with Gasteiger partial charge >= 0.3 is 0 Å². The van der Waals surface area contributed by atoms with E-state index < -0.39 is 17.6 Å². The molecule has 0 bridgehead atoms. The average Bonchev–Trinajstić information content (AvgIpc) is 2.82. The van der Waals surface area contributed by atoms with Crippen LogP contribution in [-0.4, -0.2) is 32.0 Å². The van der Waals surface area contributed by atoms with Crippen molar-refractivity contribution in [1.29, 1.82) is 5.26 Å². The molecule has 5 nitrogen and oxygen atoms in total. The number of amides is 1. The van der Waals surface area contributed by atoms with Gasteiger partial charge in [0.05, 0.1) is 14.7 Å². The van der Waals surface area contributed by atoms with Gasteiger partial charge in [0.25, 0.3) is 0 Å². The van der Waals surface area contributed by atoms with Crippen molar-refractivity contribution in [2.24, 2.45) is 5.92 Å². The third-order valence-corrected chi connectivity index (χ3v) is 3.93. The number of halogens is 1. The minimum Gasteiger partial charge on any atom is -0.385 e. The Bertz CT molecular complexity index is 495. The molecule has 0 aliphatic carbocycles. The molecule has 1 atom stereocenters. The number of carbonyl (C=O) groups excluding carboxylic acids is 2. The Kier molecular flexibility index (Phi) is 6.70. The zero-order chi connectivity index (χ0) is 14.3. The van der Waals surface area contributed by atoms with Crippen LogP contribution in [0.3, 0.4) is 0 Å². The van der Waals surface area contributed by atoms with E-state index in [1.54, 1.807) is 25.3 Å². The second-order valence-corrected chi connectivity index (χ2v) is 6.13. The number of hydrogen-bond acceptors (Lipinski definition) is 5. The molecule has 1 amide bonds. The average molecular weight is 345 g/mol. The van der Waals surface area contributed by atoms with Crippen LogP contribution >= 0.6 is 27.3 Å². The van der Waals surface area contributed by atoms with Gasteiger partial charge in [0.2, 0.25) is 5.91 Å². The first kappa shape index (κ1) is 15.8. The van der Waals surface area contributed by atoms with Crippen LogP contribution in [0.15, 0.2) is 15.9 Å². The molecule has 1 aromatic heterocycles. The third kappa shape index (κ3) is 4.74. The molecule has 1 rings (SSSR count). The van der Waals surface area contributed by atoms with E-state index in [1.165, 1.54) is 11.3 Å². The lowest BCUT2D eigenvalue weighted by atomic mass is 10.0. The van der Waals surface area contributed by atoms with E-state index in [-0.39, 0.29) is 0 Å². The van der Waals surface area contributed by atoms with Crippen LogP contribution < -0.4 is 5.32 Å². The van der Waals surface area contributed by atoms with Crippen LogP contribution in [-0.2, 0) is 9.53 Å². The van der Waals surface area contributed by atoms with Gasteiger partial charge in [-0.2, -0.15) is 5.26 Å². The molecule has 0 radical (unpaired) electrons. The topological polar surface area (TPSA) is 79.2 Å². The number of ketones is 1. The molecule has 1 N–H and O–H groups in total. The van der Waals surface area contributed by atoms with E-state index in [0.717, 1.165) is 3.79 Å². The first-order valence-corrected chi connectivity index (χ1v) is 7.17. The van der Waals surface area contributed by atoms with E-state index in [2.05, 4.69) is 21.2 Å². The Hall–Kier alpha value is -1.23. The zero-order valence-corrected chi connectivity index (χ0v) is 12.7. The van der Waals surface area contributed by atoms with Gasteiger partial charge in [-0.05, 0) is 34.5 Å². The van der Waals surface area contributed by atoms with Gasteiger partial charge in [-0.3, -0.25) is 9.59 Å². The molecular weight excluding hydrogens is 332 g/mol. The highest BCUT2D eigenvalue weighted by Crippen LogP contribution is 2.24. The molecule has 0 unspecified atom stereocenters. The van der Waals surface area contributed by atoms with E-state index in [0.29, 0.717) is 24.4 Å². The van der Waals surface area contributed by atoms with E-state index in [4.69, 9.17) is 10.00 Å². The summed E-state index contributed by atoms with van der Waals surface area (Å²) in [4.78, 5) is 24.2. The van der Waals surface area contributed by atoms with Gasteiger partial charge in [-0.25, -0.2) is 0 Å². The van der Waals surface area contributed by atoms with E-state index >= 15 is 0 Å². The Morgan fingerprint density at radius 2 is 2.32 bits per heavy atom. The van der Waals surface area contributed by atoms with Crippen molar-refractivity contribution in [3.63, 3.8) is 0 Å². The summed E-state index contributed by atoms with van der Waals surface area (Å²) in [5.74, 6) is -2.33. The van der Waals surface area contributed by atoms with Gasteiger partial charge in [0.15, 0.2) is 11.7 Å². The number of methoxy groups -OCH3 is 1. The number of thiophene rings is 1. The number of carbonyl (C=O) groups is 2. The maximum Gasteiger partial charge on any atom is 0.245 e. The standard InChI is InChI=1S/C12H13BrN2O3S/c1-18-6-2-5-15-12(17)8(7-14)11(16)9-3-4-10(13)19-9/h3-4,8H,2,5-6H2,1H3,(H,15,17)/t8-/m0/s1. The number of nitriles is 1. The molecule has 0 fully saturated rings. The van der Waals surface area contributed by atoms with Crippen LogP contribution in [0.5, 0.6) is 0 Å². The highest BCUT2D eigenvalue weighted by atomic mass is 79.9. The van der Waals surface area contributed by atoms with Crippen molar-refractivity contribution in [3.8, 4) is 6.07 Å². The van der Waals surface area contributed by atoms with Crippen molar-refractivity contribution in [2.75, 3.05) is 20.3 Å². The summed E-state index contributed by atoms with van der Waals surface area (Å²) in [6.07, 6.45) is 0.638. The van der Waals surface area contributed by atoms with E-state index in [9.17, 15) is 9.59 Å². The number of Topliss-reactive ketones (excluding diaryl/α,β-unsaturated/α-hetero) is 1. The largest absolute Gasteiger partial charge is 0.385 e. The Balaban J connectivity index is 2.60. The molecular formula is C12H13BrN2O3S. The summed E-state index contributed by atoms with van der Waals surface area (Å²) < 4.78 is 5.63. The molecule has 19 heavy (non-hydrogen) atoms. The van der Waals surface area contributed by atoms with E-state index in [1.807, 2.05) is 0 Å². The number of hydrogen-bond donors (Lipinski definition) is 1. The minimum absolute atomic E-state index is 0.381. The van der Waals surface area contributed by atoms with Crippen LogP contribution in [0, 0.1) is 17.2 Å². The number of nitrogens with zero attached hydrogens (tertiary/aromatic N) is 1. The minimum atomic E-state index is -1.30. The lowest BCUT2D eigenvalue weighted by Gasteiger charge is -2.08. The smallest absolute Gasteiger partial charge is 0.245 e. The van der Waals surface area contributed by atoms with Crippen LogP contribution in [0.2, 0.25) is 0 Å². The van der Waals surface area contributed by atoms with Gasteiger partial charge in [0, 0.05) is 20.3 Å². The molecule has 0 aliphatic heterocycles. The number of nitrogens with one attached hydrogen (secondary N) is 1. The Morgan fingerprint density at radius 1 is 1.58 bits per heavy atom. The zero-order valence-electron chi connectivity index (χ0n) is 10.3. The number of ether oxygens (including phenoxy) is 1. The molecule has 102 valence electrons. The van der Waals surface area contributed by atoms with Gasteiger partial charge in [0.1, 0.15) is 0 Å². The fourth-order valence-electron chi connectivity index (χ4n) is 1.36. The predicted octanol–water partition coefficient (Wildman–Crippen LogP) is 1.99. The molecule has 0 aliphatic rings. The molecule has 0 saturated heterocycles. The first-order chi connectivity index (χ1) is 9.10. The van der Waals surface area contributed by atoms with Crippen LogP contribution in [0.1, 0.15) is 16.1 Å². The van der Waals surface area contributed by atoms with Crippen molar-refractivity contribution in [3.05, 3.63) is 20.8 Å². The fraction of sp³-hybridized carbons (Fsp3) is 0.417. The highest BCUT2D eigenvalue weighted by Gasteiger charge is 2.28. The van der Waals surface area contributed by atoms with Crippen molar-refractivity contribution >= 4 is 39.0 Å². The Morgan fingerprint density at radius 3 is 2.84 bits per heavy atom. The summed E-state index contributed by atoms with van der Waals surface area (Å²) in [6.45, 7) is 0.898. The SMILES string of the molecule is COCCCNC(=O)[C@@H](C#N)C(=O)c1ccc(Br)s1. The normalized spacial score (nSPS) is 11.6. The molecule has 7 heteroatoms. The van der Waals surface area contributed by atoms with Gasteiger partial charge in [-0.15, -0.1) is 11.3 Å². The third-order valence-electron chi connectivity index (χ3n) is 2.29.